The van der Waals surface area contributed by atoms with Gasteiger partial charge in [-0.2, -0.15) is 0 Å². The highest BCUT2D eigenvalue weighted by Gasteiger charge is 2.47. The lowest BCUT2D eigenvalue weighted by Crippen LogP contribution is -2.29. The maximum absolute atomic E-state index is 13.5. The molecule has 0 bridgehead atoms. The molecule has 1 amide bonds. The third-order valence-electron chi connectivity index (χ3n) is 6.85. The minimum atomic E-state index is -0.776. The monoisotopic (exact) mass is 512 g/mol. The molecule has 1 saturated heterocycles. The van der Waals surface area contributed by atoms with Gasteiger partial charge < -0.3 is 14.7 Å². The molecule has 3 aromatic rings. The van der Waals surface area contributed by atoms with E-state index in [9.17, 15) is 14.7 Å². The van der Waals surface area contributed by atoms with E-state index >= 15 is 0 Å². The molecule has 38 heavy (non-hydrogen) atoms. The first-order chi connectivity index (χ1) is 18.3. The minimum Gasteiger partial charge on any atom is -0.507 e. The molecular formula is C32H36N2O4. The van der Waals surface area contributed by atoms with Gasteiger partial charge in [-0.1, -0.05) is 37.3 Å². The number of nitrogens with zero attached hydrogens (tertiary/aromatic N) is 2. The predicted molar refractivity (Wildman–Crippen MR) is 153 cm³/mol. The summed E-state index contributed by atoms with van der Waals surface area (Å²) in [4.78, 5) is 30.8. The fourth-order valence-corrected chi connectivity index (χ4v) is 5.07. The van der Waals surface area contributed by atoms with Crippen LogP contribution >= 0.6 is 0 Å². The van der Waals surface area contributed by atoms with E-state index in [1.807, 2.05) is 69.3 Å². The number of ketones is 1. The summed E-state index contributed by atoms with van der Waals surface area (Å²) in [6, 6.07) is 19.9. The van der Waals surface area contributed by atoms with Gasteiger partial charge in [0.2, 0.25) is 0 Å². The molecular weight excluding hydrogens is 476 g/mol. The summed E-state index contributed by atoms with van der Waals surface area (Å²) in [6.45, 7) is 12.4. The highest BCUT2D eigenvalue weighted by molar-refractivity contribution is 6.51. The zero-order valence-corrected chi connectivity index (χ0v) is 22.8. The number of aliphatic hydroxyl groups is 1. The first-order valence-electron chi connectivity index (χ1n) is 13.3. The Morgan fingerprint density at radius 1 is 0.921 bits per heavy atom. The fraction of sp³-hybridized carbons (Fsp3) is 0.312. The number of aliphatic hydroxyl groups excluding tert-OH is 1. The number of carbonyl (C=O) groups excluding carboxylic acids is 2. The van der Waals surface area contributed by atoms with E-state index < -0.39 is 17.7 Å². The van der Waals surface area contributed by atoms with E-state index in [0.717, 1.165) is 41.9 Å². The third kappa shape index (κ3) is 5.30. The molecule has 1 unspecified atom stereocenters. The van der Waals surface area contributed by atoms with Crippen LogP contribution in [0.25, 0.3) is 5.76 Å². The van der Waals surface area contributed by atoms with E-state index in [2.05, 4.69) is 18.7 Å². The molecule has 6 nitrogen and oxygen atoms in total. The fourth-order valence-electron chi connectivity index (χ4n) is 5.07. The number of aryl methyl sites for hydroxylation is 2. The summed E-state index contributed by atoms with van der Waals surface area (Å²) in [5, 5.41) is 11.5. The van der Waals surface area contributed by atoms with E-state index in [0.29, 0.717) is 23.6 Å². The molecule has 3 aromatic carbocycles. The molecule has 0 radical (unpaired) electrons. The van der Waals surface area contributed by atoms with Gasteiger partial charge in [0.1, 0.15) is 11.5 Å². The van der Waals surface area contributed by atoms with Crippen molar-refractivity contribution >= 4 is 28.8 Å². The number of anilines is 2. The maximum Gasteiger partial charge on any atom is 0.300 e. The average Bonchev–Trinajstić information content (AvgIpc) is 3.18. The van der Waals surface area contributed by atoms with Crippen LogP contribution in [0.2, 0.25) is 0 Å². The van der Waals surface area contributed by atoms with Crippen LogP contribution in [0.4, 0.5) is 11.4 Å². The van der Waals surface area contributed by atoms with Crippen molar-refractivity contribution in [2.75, 3.05) is 29.5 Å². The zero-order chi connectivity index (χ0) is 27.4. The number of carbonyl (C=O) groups is 2. The summed E-state index contributed by atoms with van der Waals surface area (Å²) in [6.07, 6.45) is 0.848. The summed E-state index contributed by atoms with van der Waals surface area (Å²) >= 11 is 0. The molecule has 1 aliphatic rings. The Kier molecular flexibility index (Phi) is 8.20. The van der Waals surface area contributed by atoms with E-state index in [1.54, 1.807) is 18.2 Å². The van der Waals surface area contributed by atoms with Gasteiger partial charge in [0.15, 0.2) is 0 Å². The normalized spacial score (nSPS) is 16.7. The van der Waals surface area contributed by atoms with Crippen molar-refractivity contribution in [3.05, 3.63) is 94.6 Å². The molecule has 1 N–H and O–H groups in total. The van der Waals surface area contributed by atoms with Crippen LogP contribution < -0.4 is 14.5 Å². The number of hydrogen-bond donors (Lipinski definition) is 1. The van der Waals surface area contributed by atoms with Crippen molar-refractivity contribution in [2.45, 2.75) is 47.1 Å². The van der Waals surface area contributed by atoms with Crippen LogP contribution in [0.1, 0.15) is 55.5 Å². The number of amides is 1. The summed E-state index contributed by atoms with van der Waals surface area (Å²) in [5.74, 6) is -0.985. The lowest BCUT2D eigenvalue weighted by atomic mass is 9.94. The Morgan fingerprint density at radius 2 is 1.58 bits per heavy atom. The summed E-state index contributed by atoms with van der Waals surface area (Å²) in [7, 11) is 0. The molecule has 6 heteroatoms. The zero-order valence-electron chi connectivity index (χ0n) is 22.8. The van der Waals surface area contributed by atoms with Gasteiger partial charge in [-0.05, 0) is 87.2 Å². The van der Waals surface area contributed by atoms with Crippen LogP contribution in [0.3, 0.4) is 0 Å². The predicted octanol–water partition coefficient (Wildman–Crippen LogP) is 6.56. The smallest absolute Gasteiger partial charge is 0.300 e. The topological polar surface area (TPSA) is 70.1 Å². The number of ether oxygens (including phenoxy) is 1. The number of rotatable bonds is 9. The molecule has 1 fully saturated rings. The van der Waals surface area contributed by atoms with Crippen molar-refractivity contribution in [1.29, 1.82) is 0 Å². The lowest BCUT2D eigenvalue weighted by molar-refractivity contribution is -0.132. The maximum atomic E-state index is 13.5. The third-order valence-corrected chi connectivity index (χ3v) is 6.85. The van der Waals surface area contributed by atoms with Crippen LogP contribution in [0.5, 0.6) is 5.75 Å². The number of hydrogen-bond acceptors (Lipinski definition) is 5. The first-order valence-corrected chi connectivity index (χ1v) is 13.3. The number of benzene rings is 3. The largest absolute Gasteiger partial charge is 0.507 e. The van der Waals surface area contributed by atoms with E-state index in [-0.39, 0.29) is 11.3 Å². The Balaban J connectivity index is 1.89. The van der Waals surface area contributed by atoms with Gasteiger partial charge in [-0.15, -0.1) is 0 Å². The lowest BCUT2D eigenvalue weighted by Gasteiger charge is -2.27. The Hall–Kier alpha value is -4.06. The quantitative estimate of drug-likeness (QED) is 0.200. The second-order valence-corrected chi connectivity index (χ2v) is 9.66. The van der Waals surface area contributed by atoms with Crippen molar-refractivity contribution in [2.24, 2.45) is 0 Å². The van der Waals surface area contributed by atoms with Gasteiger partial charge in [-0.3, -0.25) is 14.5 Å². The summed E-state index contributed by atoms with van der Waals surface area (Å²) < 4.78 is 5.74. The standard InChI is InChI=1S/C32H36N2O4/c1-6-16-38-27-11-9-10-24(20-27)30(35)28-29(23-12-14-25(15-13-23)33(7-2)8-3)34(32(37)31(28)36)26-18-21(4)17-22(5)19-26/h9-15,17-20,29,35H,6-8,16H2,1-5H3/b30-28+. The van der Waals surface area contributed by atoms with Crippen LogP contribution in [0.15, 0.2) is 72.3 Å². The van der Waals surface area contributed by atoms with E-state index in [1.165, 1.54) is 4.90 Å². The van der Waals surface area contributed by atoms with Gasteiger partial charge in [-0.25, -0.2) is 0 Å². The number of Topliss-reactive ketones (excluding diaryl/α,β-unsaturated/α-hetero) is 1. The second-order valence-electron chi connectivity index (χ2n) is 9.66. The molecule has 0 aromatic heterocycles. The van der Waals surface area contributed by atoms with Gasteiger partial charge in [0, 0.05) is 30.0 Å². The average molecular weight is 513 g/mol. The Labute approximate surface area is 225 Å². The molecule has 198 valence electrons. The molecule has 4 rings (SSSR count). The second kappa shape index (κ2) is 11.5. The van der Waals surface area contributed by atoms with Gasteiger partial charge >= 0.3 is 0 Å². The Bertz CT molecular complexity index is 1340. The van der Waals surface area contributed by atoms with Gasteiger partial charge in [0.05, 0.1) is 18.2 Å². The minimum absolute atomic E-state index is 0.0670. The van der Waals surface area contributed by atoms with Crippen molar-refractivity contribution < 1.29 is 19.4 Å². The van der Waals surface area contributed by atoms with Crippen LogP contribution in [0, 0.1) is 13.8 Å². The highest BCUT2D eigenvalue weighted by Crippen LogP contribution is 2.43. The van der Waals surface area contributed by atoms with Crippen LogP contribution in [-0.2, 0) is 9.59 Å². The van der Waals surface area contributed by atoms with Crippen LogP contribution in [-0.4, -0.2) is 36.5 Å². The first kappa shape index (κ1) is 27.0. The highest BCUT2D eigenvalue weighted by atomic mass is 16.5. The van der Waals surface area contributed by atoms with Gasteiger partial charge in [0.25, 0.3) is 11.7 Å². The molecule has 0 spiro atoms. The SMILES string of the molecule is CCCOc1cccc(/C(O)=C2\C(=O)C(=O)N(c3cc(C)cc(C)c3)C2c2ccc(N(CC)CC)cc2)c1. The molecule has 1 atom stereocenters. The molecule has 0 saturated carbocycles. The molecule has 1 aliphatic heterocycles. The Morgan fingerprint density at radius 3 is 2.18 bits per heavy atom. The van der Waals surface area contributed by atoms with Crippen molar-refractivity contribution in [1.82, 2.24) is 0 Å². The molecule has 1 heterocycles. The van der Waals surface area contributed by atoms with E-state index in [4.69, 9.17) is 4.74 Å². The van der Waals surface area contributed by atoms with Crippen molar-refractivity contribution in [3.8, 4) is 5.75 Å². The van der Waals surface area contributed by atoms with Crippen molar-refractivity contribution in [3.63, 3.8) is 0 Å². The summed E-state index contributed by atoms with van der Waals surface area (Å²) in [5.41, 5.74) is 4.90. The molecule has 0 aliphatic carbocycles.